The van der Waals surface area contributed by atoms with Crippen LogP contribution in [-0.2, 0) is 9.53 Å². The van der Waals surface area contributed by atoms with E-state index in [9.17, 15) is 4.79 Å². The monoisotopic (exact) mass is 329 g/mol. The van der Waals surface area contributed by atoms with Crippen LogP contribution in [-0.4, -0.2) is 43.1 Å². The average Bonchev–Trinajstić information content (AvgIpc) is 3.03. The van der Waals surface area contributed by atoms with Gasteiger partial charge in [-0.15, -0.1) is 10.2 Å². The standard InChI is InChI=1S/C15H15N5O2S/c1-3-11(15(21)22-2)23-13-7-6-12-17-18-14(20(12)19-13)10-5-4-8-16-9-10/h4-9,11H,3H2,1-2H3/t11-/m1/s1. The van der Waals surface area contributed by atoms with Gasteiger partial charge in [-0.2, -0.15) is 9.61 Å². The molecule has 0 bridgehead atoms. The molecule has 118 valence electrons. The van der Waals surface area contributed by atoms with Crippen LogP contribution in [0, 0.1) is 0 Å². The highest BCUT2D eigenvalue weighted by atomic mass is 32.2. The van der Waals surface area contributed by atoms with Gasteiger partial charge in [0.25, 0.3) is 0 Å². The largest absolute Gasteiger partial charge is 0.468 e. The fourth-order valence-corrected chi connectivity index (χ4v) is 3.01. The van der Waals surface area contributed by atoms with Crippen LogP contribution >= 0.6 is 11.8 Å². The molecule has 3 aromatic rings. The second-order valence-electron chi connectivity index (χ2n) is 4.74. The molecular weight excluding hydrogens is 314 g/mol. The molecule has 0 aliphatic heterocycles. The quantitative estimate of drug-likeness (QED) is 0.524. The van der Waals surface area contributed by atoms with Crippen LogP contribution < -0.4 is 0 Å². The molecule has 0 saturated heterocycles. The van der Waals surface area contributed by atoms with E-state index in [0.717, 1.165) is 5.56 Å². The Hall–Kier alpha value is -2.48. The predicted octanol–water partition coefficient (Wildman–Crippen LogP) is 2.23. The van der Waals surface area contributed by atoms with E-state index in [1.165, 1.54) is 18.9 Å². The molecule has 7 nitrogen and oxygen atoms in total. The van der Waals surface area contributed by atoms with E-state index >= 15 is 0 Å². The fraction of sp³-hybridized carbons (Fsp3) is 0.267. The summed E-state index contributed by atoms with van der Waals surface area (Å²) in [6.45, 7) is 1.94. The molecule has 0 saturated carbocycles. The zero-order valence-electron chi connectivity index (χ0n) is 12.7. The maximum Gasteiger partial charge on any atom is 0.319 e. The highest BCUT2D eigenvalue weighted by Crippen LogP contribution is 2.25. The van der Waals surface area contributed by atoms with Crippen molar-refractivity contribution in [1.29, 1.82) is 0 Å². The number of thioether (sulfide) groups is 1. The molecule has 0 aromatic carbocycles. The Labute approximate surface area is 137 Å². The highest BCUT2D eigenvalue weighted by molar-refractivity contribution is 8.00. The maximum atomic E-state index is 11.7. The molecule has 0 unspecified atom stereocenters. The van der Waals surface area contributed by atoms with E-state index in [-0.39, 0.29) is 11.2 Å². The molecule has 23 heavy (non-hydrogen) atoms. The van der Waals surface area contributed by atoms with Gasteiger partial charge in [0.15, 0.2) is 11.5 Å². The summed E-state index contributed by atoms with van der Waals surface area (Å²) in [5.74, 6) is 0.359. The van der Waals surface area contributed by atoms with Gasteiger partial charge in [0.2, 0.25) is 0 Å². The number of ether oxygens (including phenoxy) is 1. The topological polar surface area (TPSA) is 82.3 Å². The van der Waals surface area contributed by atoms with Crippen LogP contribution in [0.15, 0.2) is 41.7 Å². The number of methoxy groups -OCH3 is 1. The second kappa shape index (κ2) is 6.74. The summed E-state index contributed by atoms with van der Waals surface area (Å²) in [4.78, 5) is 15.8. The summed E-state index contributed by atoms with van der Waals surface area (Å²) in [5, 5.41) is 13.2. The minimum atomic E-state index is -0.289. The number of fused-ring (bicyclic) bond motifs is 1. The zero-order valence-corrected chi connectivity index (χ0v) is 13.5. The lowest BCUT2D eigenvalue weighted by molar-refractivity contribution is -0.140. The number of nitrogens with zero attached hydrogens (tertiary/aromatic N) is 5. The summed E-state index contributed by atoms with van der Waals surface area (Å²) < 4.78 is 6.47. The van der Waals surface area contributed by atoms with Gasteiger partial charge in [-0.05, 0) is 30.7 Å². The van der Waals surface area contributed by atoms with Crippen LogP contribution in [0.1, 0.15) is 13.3 Å². The molecule has 3 rings (SSSR count). The minimum absolute atomic E-state index is 0.254. The number of carbonyl (C=O) groups excluding carboxylic acids is 1. The van der Waals surface area contributed by atoms with Crippen molar-refractivity contribution in [2.45, 2.75) is 23.6 Å². The third-order valence-electron chi connectivity index (χ3n) is 3.26. The molecule has 0 aliphatic carbocycles. The summed E-state index contributed by atoms with van der Waals surface area (Å²) in [6, 6.07) is 7.38. The number of pyridine rings is 1. The molecule has 0 radical (unpaired) electrons. The van der Waals surface area contributed by atoms with Crippen molar-refractivity contribution in [2.24, 2.45) is 0 Å². The van der Waals surface area contributed by atoms with Gasteiger partial charge in [0, 0.05) is 18.0 Å². The molecule has 0 aliphatic rings. The Kier molecular flexibility index (Phi) is 4.52. The molecule has 8 heteroatoms. The van der Waals surface area contributed by atoms with E-state index in [0.29, 0.717) is 22.9 Å². The van der Waals surface area contributed by atoms with Crippen molar-refractivity contribution in [3.05, 3.63) is 36.7 Å². The molecule has 0 fully saturated rings. The van der Waals surface area contributed by atoms with Gasteiger partial charge in [0.1, 0.15) is 10.3 Å². The SMILES string of the molecule is CC[C@@H](Sc1ccc2nnc(-c3cccnc3)n2n1)C(=O)OC. The molecule has 3 heterocycles. The summed E-state index contributed by atoms with van der Waals surface area (Å²) in [6.07, 6.45) is 4.07. The van der Waals surface area contributed by atoms with Crippen molar-refractivity contribution in [2.75, 3.05) is 7.11 Å². The van der Waals surface area contributed by atoms with Gasteiger partial charge in [-0.1, -0.05) is 18.7 Å². The molecule has 1 atom stereocenters. The van der Waals surface area contributed by atoms with E-state index in [1.807, 2.05) is 31.2 Å². The van der Waals surface area contributed by atoms with Gasteiger partial charge in [-0.25, -0.2) is 0 Å². The summed E-state index contributed by atoms with van der Waals surface area (Å²) >= 11 is 1.37. The Morgan fingerprint density at radius 3 is 2.91 bits per heavy atom. The number of carbonyl (C=O) groups is 1. The van der Waals surface area contributed by atoms with Crippen molar-refractivity contribution >= 4 is 23.4 Å². The zero-order chi connectivity index (χ0) is 16.2. The van der Waals surface area contributed by atoms with Crippen LogP contribution in [0.3, 0.4) is 0 Å². The minimum Gasteiger partial charge on any atom is -0.468 e. The van der Waals surface area contributed by atoms with E-state index < -0.39 is 0 Å². The van der Waals surface area contributed by atoms with Crippen molar-refractivity contribution < 1.29 is 9.53 Å². The Bertz CT molecular complexity index is 821. The molecule has 0 amide bonds. The van der Waals surface area contributed by atoms with E-state index in [1.54, 1.807) is 16.9 Å². The first kappa shape index (κ1) is 15.4. The normalized spacial score (nSPS) is 12.3. The number of hydrogen-bond acceptors (Lipinski definition) is 7. The van der Waals surface area contributed by atoms with Crippen molar-refractivity contribution in [3.63, 3.8) is 0 Å². The summed E-state index contributed by atoms with van der Waals surface area (Å²) in [5.41, 5.74) is 1.47. The molecule has 0 N–H and O–H groups in total. The first-order valence-corrected chi connectivity index (χ1v) is 7.98. The van der Waals surface area contributed by atoms with Crippen LogP contribution in [0.25, 0.3) is 17.0 Å². The van der Waals surface area contributed by atoms with Gasteiger partial charge < -0.3 is 4.74 Å². The summed E-state index contributed by atoms with van der Waals surface area (Å²) in [7, 11) is 1.39. The Balaban J connectivity index is 1.96. The van der Waals surface area contributed by atoms with Crippen LogP contribution in [0.4, 0.5) is 0 Å². The van der Waals surface area contributed by atoms with Gasteiger partial charge in [-0.3, -0.25) is 9.78 Å². The third-order valence-corrected chi connectivity index (χ3v) is 4.53. The van der Waals surface area contributed by atoms with Crippen molar-refractivity contribution in [3.8, 4) is 11.4 Å². The lowest BCUT2D eigenvalue weighted by Crippen LogP contribution is -2.18. The second-order valence-corrected chi connectivity index (χ2v) is 5.97. The lowest BCUT2D eigenvalue weighted by Gasteiger charge is -2.11. The number of hydrogen-bond donors (Lipinski definition) is 0. The first-order valence-electron chi connectivity index (χ1n) is 7.10. The van der Waals surface area contributed by atoms with E-state index in [4.69, 9.17) is 4.74 Å². The lowest BCUT2D eigenvalue weighted by atomic mass is 10.3. The fourth-order valence-electron chi connectivity index (χ4n) is 2.09. The van der Waals surface area contributed by atoms with Crippen LogP contribution in [0.5, 0.6) is 0 Å². The predicted molar refractivity (Wildman–Crippen MR) is 86.0 cm³/mol. The number of esters is 1. The first-order chi connectivity index (χ1) is 11.2. The number of aromatic nitrogens is 5. The Morgan fingerprint density at radius 2 is 2.22 bits per heavy atom. The van der Waals surface area contributed by atoms with Gasteiger partial charge >= 0.3 is 5.97 Å². The average molecular weight is 329 g/mol. The van der Waals surface area contributed by atoms with Gasteiger partial charge in [0.05, 0.1) is 7.11 Å². The highest BCUT2D eigenvalue weighted by Gasteiger charge is 2.20. The third kappa shape index (κ3) is 3.16. The number of rotatable bonds is 5. The van der Waals surface area contributed by atoms with Crippen molar-refractivity contribution in [1.82, 2.24) is 24.8 Å². The molecule has 0 spiro atoms. The molecule has 3 aromatic heterocycles. The van der Waals surface area contributed by atoms with Crippen LogP contribution in [0.2, 0.25) is 0 Å². The van der Waals surface area contributed by atoms with E-state index in [2.05, 4.69) is 20.3 Å². The maximum absolute atomic E-state index is 11.7. The smallest absolute Gasteiger partial charge is 0.319 e. The molecular formula is C15H15N5O2S. The Morgan fingerprint density at radius 1 is 1.35 bits per heavy atom.